The van der Waals surface area contributed by atoms with Crippen LogP contribution in [0.1, 0.15) is 23.6 Å². The molecule has 0 aliphatic rings. The van der Waals surface area contributed by atoms with Gasteiger partial charge < -0.3 is 0 Å². The van der Waals surface area contributed by atoms with E-state index < -0.39 is 0 Å². The average Bonchev–Trinajstić information content (AvgIpc) is 2.58. The summed E-state index contributed by atoms with van der Waals surface area (Å²) in [5.41, 5.74) is 9.58. The fourth-order valence-corrected chi connectivity index (χ4v) is 3.19. The van der Waals surface area contributed by atoms with E-state index in [0.29, 0.717) is 0 Å². The van der Waals surface area contributed by atoms with E-state index in [1.807, 2.05) is 0 Å². The maximum atomic E-state index is 2.38. The van der Waals surface area contributed by atoms with Crippen molar-refractivity contribution < 1.29 is 0 Å². The first-order chi connectivity index (χ1) is 10.7. The zero-order valence-electron chi connectivity index (χ0n) is 13.6. The van der Waals surface area contributed by atoms with Crippen LogP contribution in [0.3, 0.4) is 0 Å². The van der Waals surface area contributed by atoms with E-state index in [4.69, 9.17) is 0 Å². The summed E-state index contributed by atoms with van der Waals surface area (Å²) in [6.07, 6.45) is 1.05. The van der Waals surface area contributed by atoms with E-state index in [0.717, 1.165) is 6.42 Å². The van der Waals surface area contributed by atoms with Crippen LogP contribution < -0.4 is 0 Å². The fourth-order valence-electron chi connectivity index (χ4n) is 3.19. The standard InChI is InChI=1S/C22H22/c1-4-18-15-21(19-11-7-5-8-12-19)16(2)17(3)22(18)20-13-9-6-10-14-20/h5-15H,4H2,1-3H3. The molecule has 3 aromatic rings. The topological polar surface area (TPSA) is 0 Å². The van der Waals surface area contributed by atoms with Crippen molar-refractivity contribution in [3.05, 3.63) is 83.4 Å². The molecule has 0 heterocycles. The molecule has 110 valence electrons. The molecular formula is C22H22. The minimum absolute atomic E-state index is 1.05. The number of rotatable bonds is 3. The van der Waals surface area contributed by atoms with E-state index in [1.54, 1.807) is 0 Å². The smallest absolute Gasteiger partial charge is 0.0120 e. The Labute approximate surface area is 133 Å². The third-order valence-electron chi connectivity index (χ3n) is 4.51. The van der Waals surface area contributed by atoms with Gasteiger partial charge in [0.15, 0.2) is 0 Å². The predicted octanol–water partition coefficient (Wildman–Crippen LogP) is 6.20. The predicted molar refractivity (Wildman–Crippen MR) is 96.2 cm³/mol. The van der Waals surface area contributed by atoms with Gasteiger partial charge >= 0.3 is 0 Å². The van der Waals surface area contributed by atoms with Crippen LogP contribution in [0, 0.1) is 13.8 Å². The molecule has 0 unspecified atom stereocenters. The van der Waals surface area contributed by atoms with E-state index in [1.165, 1.54) is 38.9 Å². The van der Waals surface area contributed by atoms with E-state index >= 15 is 0 Å². The zero-order valence-corrected chi connectivity index (χ0v) is 13.6. The monoisotopic (exact) mass is 286 g/mol. The van der Waals surface area contributed by atoms with Gasteiger partial charge in [-0.2, -0.15) is 0 Å². The summed E-state index contributed by atoms with van der Waals surface area (Å²) in [5, 5.41) is 0. The Morgan fingerprint density at radius 3 is 1.77 bits per heavy atom. The molecule has 0 saturated carbocycles. The van der Waals surface area contributed by atoms with Crippen LogP contribution in [0.15, 0.2) is 66.7 Å². The van der Waals surface area contributed by atoms with Gasteiger partial charge in [0.05, 0.1) is 0 Å². The van der Waals surface area contributed by atoms with Crippen molar-refractivity contribution >= 4 is 0 Å². The Morgan fingerprint density at radius 1 is 0.682 bits per heavy atom. The molecular weight excluding hydrogens is 264 g/mol. The Hall–Kier alpha value is -2.34. The van der Waals surface area contributed by atoms with Crippen LogP contribution in [0.5, 0.6) is 0 Å². The molecule has 0 atom stereocenters. The van der Waals surface area contributed by atoms with Gasteiger partial charge in [-0.1, -0.05) is 73.7 Å². The van der Waals surface area contributed by atoms with Gasteiger partial charge in [0.2, 0.25) is 0 Å². The molecule has 0 aliphatic heterocycles. The second kappa shape index (κ2) is 6.19. The summed E-state index contributed by atoms with van der Waals surface area (Å²) in [7, 11) is 0. The number of benzene rings is 3. The van der Waals surface area contributed by atoms with Gasteiger partial charge in [-0.05, 0) is 59.2 Å². The van der Waals surface area contributed by atoms with Crippen molar-refractivity contribution in [1.29, 1.82) is 0 Å². The first-order valence-corrected chi connectivity index (χ1v) is 7.96. The van der Waals surface area contributed by atoms with Crippen molar-refractivity contribution in [2.24, 2.45) is 0 Å². The first-order valence-electron chi connectivity index (χ1n) is 7.96. The van der Waals surface area contributed by atoms with Crippen LogP contribution in [-0.4, -0.2) is 0 Å². The second-order valence-corrected chi connectivity index (χ2v) is 5.79. The van der Waals surface area contributed by atoms with Gasteiger partial charge in [0.25, 0.3) is 0 Å². The third kappa shape index (κ3) is 2.57. The minimum atomic E-state index is 1.05. The molecule has 0 saturated heterocycles. The normalized spacial score (nSPS) is 10.7. The summed E-state index contributed by atoms with van der Waals surface area (Å²) in [6, 6.07) is 23.8. The van der Waals surface area contributed by atoms with Gasteiger partial charge in [-0.25, -0.2) is 0 Å². The summed E-state index contributed by atoms with van der Waals surface area (Å²) in [5.74, 6) is 0. The molecule has 0 nitrogen and oxygen atoms in total. The molecule has 0 amide bonds. The molecule has 22 heavy (non-hydrogen) atoms. The van der Waals surface area contributed by atoms with E-state index in [2.05, 4.69) is 87.5 Å². The molecule has 0 aromatic heterocycles. The van der Waals surface area contributed by atoms with Crippen molar-refractivity contribution in [1.82, 2.24) is 0 Å². The summed E-state index contributed by atoms with van der Waals surface area (Å²) in [6.45, 7) is 6.73. The molecule has 0 N–H and O–H groups in total. The van der Waals surface area contributed by atoms with Crippen LogP contribution in [0.4, 0.5) is 0 Å². The van der Waals surface area contributed by atoms with Gasteiger partial charge in [-0.15, -0.1) is 0 Å². The lowest BCUT2D eigenvalue weighted by atomic mass is 9.86. The largest absolute Gasteiger partial charge is 0.0622 e. The quantitative estimate of drug-likeness (QED) is 0.537. The average molecular weight is 286 g/mol. The van der Waals surface area contributed by atoms with Gasteiger partial charge in [0, 0.05) is 0 Å². The van der Waals surface area contributed by atoms with Crippen molar-refractivity contribution in [3.63, 3.8) is 0 Å². The Bertz CT molecular complexity index is 768. The van der Waals surface area contributed by atoms with Crippen LogP contribution in [-0.2, 0) is 6.42 Å². The zero-order chi connectivity index (χ0) is 15.5. The molecule has 0 bridgehead atoms. The third-order valence-corrected chi connectivity index (χ3v) is 4.51. The lowest BCUT2D eigenvalue weighted by Gasteiger charge is -2.18. The maximum Gasteiger partial charge on any atom is -0.0120 e. The minimum Gasteiger partial charge on any atom is -0.0622 e. The Kier molecular flexibility index (Phi) is 4.11. The SMILES string of the molecule is CCc1cc(-c2ccccc2)c(C)c(C)c1-c1ccccc1. The second-order valence-electron chi connectivity index (χ2n) is 5.79. The highest BCUT2D eigenvalue weighted by Gasteiger charge is 2.14. The molecule has 0 radical (unpaired) electrons. The molecule has 0 fully saturated rings. The number of hydrogen-bond donors (Lipinski definition) is 0. The van der Waals surface area contributed by atoms with Crippen molar-refractivity contribution in [3.8, 4) is 22.3 Å². The van der Waals surface area contributed by atoms with Crippen molar-refractivity contribution in [2.75, 3.05) is 0 Å². The molecule has 0 aliphatic carbocycles. The highest BCUT2D eigenvalue weighted by Crippen LogP contribution is 2.36. The van der Waals surface area contributed by atoms with Gasteiger partial charge in [-0.3, -0.25) is 0 Å². The summed E-state index contributed by atoms with van der Waals surface area (Å²) in [4.78, 5) is 0. The van der Waals surface area contributed by atoms with E-state index in [-0.39, 0.29) is 0 Å². The maximum absolute atomic E-state index is 2.38. The number of aryl methyl sites for hydroxylation is 1. The Balaban J connectivity index is 2.25. The lowest BCUT2D eigenvalue weighted by Crippen LogP contribution is -1.97. The Morgan fingerprint density at radius 2 is 1.23 bits per heavy atom. The van der Waals surface area contributed by atoms with Crippen LogP contribution in [0.25, 0.3) is 22.3 Å². The molecule has 3 aromatic carbocycles. The summed E-state index contributed by atoms with van der Waals surface area (Å²) < 4.78 is 0. The molecule has 0 heteroatoms. The molecule has 3 rings (SSSR count). The van der Waals surface area contributed by atoms with Crippen LogP contribution in [0.2, 0.25) is 0 Å². The molecule has 0 spiro atoms. The van der Waals surface area contributed by atoms with Gasteiger partial charge in [0.1, 0.15) is 0 Å². The highest BCUT2D eigenvalue weighted by molar-refractivity contribution is 5.79. The van der Waals surface area contributed by atoms with Crippen molar-refractivity contribution in [2.45, 2.75) is 27.2 Å². The number of hydrogen-bond acceptors (Lipinski definition) is 0. The lowest BCUT2D eigenvalue weighted by molar-refractivity contribution is 1.13. The first kappa shape index (κ1) is 14.6. The fraction of sp³-hybridized carbons (Fsp3) is 0.182. The van der Waals surface area contributed by atoms with Crippen LogP contribution >= 0.6 is 0 Å². The summed E-state index contributed by atoms with van der Waals surface area (Å²) >= 11 is 0. The van der Waals surface area contributed by atoms with E-state index in [9.17, 15) is 0 Å². The highest BCUT2D eigenvalue weighted by atomic mass is 14.2.